The maximum absolute atomic E-state index is 12.7. The summed E-state index contributed by atoms with van der Waals surface area (Å²) in [7, 11) is 0. The summed E-state index contributed by atoms with van der Waals surface area (Å²) in [6.07, 6.45) is -4.15. The van der Waals surface area contributed by atoms with Gasteiger partial charge in [0.05, 0.1) is 18.5 Å². The quantitative estimate of drug-likeness (QED) is 0.870. The summed E-state index contributed by atoms with van der Waals surface area (Å²) in [6.45, 7) is 0.0908. The maximum Gasteiger partial charge on any atom is 0.416 e. The van der Waals surface area contributed by atoms with Gasteiger partial charge in [0, 0.05) is 6.54 Å². The number of hydrogen-bond acceptors (Lipinski definition) is 3. The van der Waals surface area contributed by atoms with Crippen LogP contribution >= 0.6 is 0 Å². The van der Waals surface area contributed by atoms with E-state index in [9.17, 15) is 27.9 Å². The SMILES string of the molecule is NC(=O)[C@@]1(O)CCCN(C(=O)Cc2cccc(C(F)(F)F)c2)C1. The Morgan fingerprint density at radius 1 is 1.35 bits per heavy atom. The fourth-order valence-electron chi connectivity index (χ4n) is 2.59. The summed E-state index contributed by atoms with van der Waals surface area (Å²) in [4.78, 5) is 24.7. The molecule has 5 nitrogen and oxygen atoms in total. The van der Waals surface area contributed by atoms with Gasteiger partial charge in [-0.15, -0.1) is 0 Å². The fourth-order valence-corrected chi connectivity index (χ4v) is 2.59. The first-order chi connectivity index (χ1) is 10.6. The smallest absolute Gasteiger partial charge is 0.378 e. The van der Waals surface area contributed by atoms with Crippen molar-refractivity contribution in [1.29, 1.82) is 0 Å². The second-order valence-corrected chi connectivity index (χ2v) is 5.69. The third-order valence-corrected chi connectivity index (χ3v) is 3.89. The summed E-state index contributed by atoms with van der Waals surface area (Å²) >= 11 is 0. The molecule has 1 heterocycles. The average molecular weight is 330 g/mol. The summed E-state index contributed by atoms with van der Waals surface area (Å²) in [5.41, 5.74) is 2.75. The van der Waals surface area contributed by atoms with Crippen molar-refractivity contribution in [2.24, 2.45) is 5.73 Å². The first-order valence-electron chi connectivity index (χ1n) is 7.08. The van der Waals surface area contributed by atoms with E-state index in [4.69, 9.17) is 5.73 Å². The van der Waals surface area contributed by atoms with Gasteiger partial charge < -0.3 is 15.7 Å². The number of likely N-dealkylation sites (tertiary alicyclic amines) is 1. The van der Waals surface area contributed by atoms with Gasteiger partial charge in [-0.05, 0) is 24.5 Å². The van der Waals surface area contributed by atoms with Crippen LogP contribution in [0.1, 0.15) is 24.0 Å². The van der Waals surface area contributed by atoms with Gasteiger partial charge in [-0.2, -0.15) is 13.2 Å². The minimum absolute atomic E-state index is 0.162. The number of nitrogens with zero attached hydrogens (tertiary/aromatic N) is 1. The van der Waals surface area contributed by atoms with Crippen molar-refractivity contribution in [3.8, 4) is 0 Å². The van der Waals surface area contributed by atoms with Gasteiger partial charge in [0.2, 0.25) is 5.91 Å². The number of carbonyl (C=O) groups is 2. The highest BCUT2D eigenvalue weighted by molar-refractivity contribution is 5.85. The van der Waals surface area contributed by atoms with Crippen LogP contribution in [0.5, 0.6) is 0 Å². The molecule has 23 heavy (non-hydrogen) atoms. The van der Waals surface area contributed by atoms with Crippen LogP contribution in [0.3, 0.4) is 0 Å². The van der Waals surface area contributed by atoms with Gasteiger partial charge in [0.15, 0.2) is 5.60 Å². The zero-order valence-corrected chi connectivity index (χ0v) is 12.3. The molecule has 0 radical (unpaired) electrons. The topological polar surface area (TPSA) is 83.6 Å². The zero-order chi connectivity index (χ0) is 17.3. The number of piperidine rings is 1. The van der Waals surface area contributed by atoms with Crippen molar-refractivity contribution in [3.05, 3.63) is 35.4 Å². The molecular formula is C15H17F3N2O3. The van der Waals surface area contributed by atoms with Crippen LogP contribution in [0.25, 0.3) is 0 Å². The number of alkyl halides is 3. The van der Waals surface area contributed by atoms with E-state index < -0.39 is 29.2 Å². The van der Waals surface area contributed by atoms with Gasteiger partial charge in [-0.3, -0.25) is 9.59 Å². The van der Waals surface area contributed by atoms with E-state index >= 15 is 0 Å². The molecule has 1 saturated heterocycles. The Labute approximate surface area is 130 Å². The third-order valence-electron chi connectivity index (χ3n) is 3.89. The Kier molecular flexibility index (Phi) is 4.65. The van der Waals surface area contributed by atoms with Crippen molar-refractivity contribution in [2.75, 3.05) is 13.1 Å². The monoisotopic (exact) mass is 330 g/mol. The number of primary amides is 1. The van der Waals surface area contributed by atoms with Crippen molar-refractivity contribution >= 4 is 11.8 Å². The Hall–Kier alpha value is -2.09. The number of amides is 2. The van der Waals surface area contributed by atoms with E-state index in [2.05, 4.69) is 0 Å². The van der Waals surface area contributed by atoms with Crippen LogP contribution < -0.4 is 5.73 Å². The molecule has 1 atom stereocenters. The van der Waals surface area contributed by atoms with Crippen molar-refractivity contribution in [2.45, 2.75) is 31.0 Å². The maximum atomic E-state index is 12.7. The van der Waals surface area contributed by atoms with E-state index in [-0.39, 0.29) is 24.9 Å². The van der Waals surface area contributed by atoms with Crippen LogP contribution in [-0.2, 0) is 22.2 Å². The number of aliphatic hydroxyl groups is 1. The first-order valence-corrected chi connectivity index (χ1v) is 7.08. The van der Waals surface area contributed by atoms with Gasteiger partial charge in [-0.25, -0.2) is 0 Å². The minimum Gasteiger partial charge on any atom is -0.378 e. The summed E-state index contributed by atoms with van der Waals surface area (Å²) in [6, 6.07) is 4.52. The van der Waals surface area contributed by atoms with Gasteiger partial charge in [-0.1, -0.05) is 18.2 Å². The molecule has 0 saturated carbocycles. The predicted molar refractivity (Wildman–Crippen MR) is 75.1 cm³/mol. The number of rotatable bonds is 3. The van der Waals surface area contributed by atoms with Gasteiger partial charge in [0.1, 0.15) is 0 Å². The number of hydrogen-bond donors (Lipinski definition) is 2. The van der Waals surface area contributed by atoms with Crippen LogP contribution in [0.2, 0.25) is 0 Å². The Morgan fingerprint density at radius 2 is 2.04 bits per heavy atom. The molecule has 2 rings (SSSR count). The lowest BCUT2D eigenvalue weighted by atomic mass is 9.92. The summed E-state index contributed by atoms with van der Waals surface area (Å²) in [5.74, 6) is -1.36. The van der Waals surface area contributed by atoms with E-state index in [0.717, 1.165) is 12.1 Å². The first kappa shape index (κ1) is 17.3. The molecule has 0 aliphatic carbocycles. The van der Waals surface area contributed by atoms with Crippen molar-refractivity contribution in [3.63, 3.8) is 0 Å². The highest BCUT2D eigenvalue weighted by atomic mass is 19.4. The number of nitrogens with two attached hydrogens (primary N) is 1. The molecule has 1 aromatic rings. The van der Waals surface area contributed by atoms with E-state index in [1.807, 2.05) is 0 Å². The van der Waals surface area contributed by atoms with Crippen molar-refractivity contribution < 1.29 is 27.9 Å². The second-order valence-electron chi connectivity index (χ2n) is 5.69. The Balaban J connectivity index is 2.09. The van der Waals surface area contributed by atoms with E-state index in [0.29, 0.717) is 13.0 Å². The number of β-amino-alcohol motifs (C(OH)–C–C–N with tert-alkyl or cyclic N) is 1. The molecule has 1 aliphatic heterocycles. The fraction of sp³-hybridized carbons (Fsp3) is 0.467. The van der Waals surface area contributed by atoms with Crippen LogP contribution in [0.15, 0.2) is 24.3 Å². The predicted octanol–water partition coefficient (Wildman–Crippen LogP) is 1.09. The van der Waals surface area contributed by atoms with Crippen LogP contribution in [0, 0.1) is 0 Å². The number of benzene rings is 1. The molecule has 0 aromatic heterocycles. The molecule has 0 bridgehead atoms. The van der Waals surface area contributed by atoms with Gasteiger partial charge in [0.25, 0.3) is 5.91 Å². The molecule has 0 unspecified atom stereocenters. The Morgan fingerprint density at radius 3 is 2.65 bits per heavy atom. The second kappa shape index (κ2) is 6.19. The van der Waals surface area contributed by atoms with Gasteiger partial charge >= 0.3 is 6.18 Å². The highest BCUT2D eigenvalue weighted by Crippen LogP contribution is 2.30. The molecule has 126 valence electrons. The zero-order valence-electron chi connectivity index (χ0n) is 12.3. The van der Waals surface area contributed by atoms with E-state index in [1.54, 1.807) is 0 Å². The normalized spacial score (nSPS) is 22.0. The lowest BCUT2D eigenvalue weighted by molar-refractivity contribution is -0.148. The third kappa shape index (κ3) is 4.01. The molecule has 1 aromatic carbocycles. The molecular weight excluding hydrogens is 313 g/mol. The number of halogens is 3. The van der Waals surface area contributed by atoms with E-state index in [1.165, 1.54) is 17.0 Å². The van der Waals surface area contributed by atoms with Crippen LogP contribution in [0.4, 0.5) is 13.2 Å². The summed E-state index contributed by atoms with van der Waals surface area (Å²) in [5, 5.41) is 10.1. The molecule has 1 fully saturated rings. The largest absolute Gasteiger partial charge is 0.416 e. The summed E-state index contributed by atoms with van der Waals surface area (Å²) < 4.78 is 38.0. The number of carbonyl (C=O) groups excluding carboxylic acids is 2. The lowest BCUT2D eigenvalue weighted by Gasteiger charge is -2.37. The molecule has 8 heteroatoms. The minimum atomic E-state index is -4.48. The molecule has 0 spiro atoms. The molecule has 2 amide bonds. The van der Waals surface area contributed by atoms with Crippen LogP contribution in [-0.4, -0.2) is 40.5 Å². The Bertz CT molecular complexity index is 618. The average Bonchev–Trinajstić information content (AvgIpc) is 2.46. The highest BCUT2D eigenvalue weighted by Gasteiger charge is 2.40. The molecule has 1 aliphatic rings. The molecule has 3 N–H and O–H groups in total. The van der Waals surface area contributed by atoms with Crippen molar-refractivity contribution in [1.82, 2.24) is 4.90 Å². The lowest BCUT2D eigenvalue weighted by Crippen LogP contribution is -2.57. The standard InChI is InChI=1S/C15H17F3N2O3/c16-15(17,18)11-4-1-3-10(7-11)8-12(21)20-6-2-5-14(23,9-20)13(19)22/h1,3-4,7,23H,2,5-6,8-9H2,(H2,19,22)/t14-/m1/s1.